The summed E-state index contributed by atoms with van der Waals surface area (Å²) in [5.74, 6) is 1.30. The molecule has 1 aromatic heterocycles. The third-order valence-corrected chi connectivity index (χ3v) is 3.34. The van der Waals surface area contributed by atoms with Crippen LogP contribution in [0.1, 0.15) is 56.9 Å². The van der Waals surface area contributed by atoms with Crippen LogP contribution < -0.4 is 4.90 Å². The van der Waals surface area contributed by atoms with Gasteiger partial charge in [0, 0.05) is 27.1 Å². The number of carbonyl (C=O) groups excluding carboxylic acids is 1. The molecule has 0 amide bonds. The van der Waals surface area contributed by atoms with E-state index in [9.17, 15) is 4.79 Å². The van der Waals surface area contributed by atoms with Crippen LogP contribution in [0.2, 0.25) is 0 Å². The van der Waals surface area contributed by atoms with E-state index in [0.29, 0.717) is 0 Å². The monoisotopic (exact) mass is 250 g/mol. The molecule has 0 unspecified atom stereocenters. The molecular weight excluding hydrogens is 224 g/mol. The van der Waals surface area contributed by atoms with Crippen molar-refractivity contribution in [2.24, 2.45) is 7.05 Å². The SMILES string of the molecule is CCCCN(CCCC)c1ccc(C(C)=O)n1C. The molecule has 18 heavy (non-hydrogen) atoms. The van der Waals surface area contributed by atoms with E-state index < -0.39 is 0 Å². The predicted octanol–water partition coefficient (Wildman–Crippen LogP) is 3.63. The minimum atomic E-state index is 0.134. The molecule has 0 bridgehead atoms. The maximum Gasteiger partial charge on any atom is 0.176 e. The van der Waals surface area contributed by atoms with E-state index >= 15 is 0 Å². The van der Waals surface area contributed by atoms with Crippen molar-refractivity contribution in [2.45, 2.75) is 46.5 Å². The zero-order valence-corrected chi connectivity index (χ0v) is 12.2. The maximum absolute atomic E-state index is 11.5. The lowest BCUT2D eigenvalue weighted by atomic mass is 10.2. The molecule has 3 heteroatoms. The number of ketones is 1. The first kappa shape index (κ1) is 14.8. The number of hydrogen-bond donors (Lipinski definition) is 0. The molecule has 1 rings (SSSR count). The average molecular weight is 250 g/mol. The second-order valence-electron chi connectivity index (χ2n) is 4.89. The lowest BCUT2D eigenvalue weighted by molar-refractivity contribution is 0.101. The van der Waals surface area contributed by atoms with E-state index in [4.69, 9.17) is 0 Å². The van der Waals surface area contributed by atoms with Crippen molar-refractivity contribution in [1.82, 2.24) is 4.57 Å². The third-order valence-electron chi connectivity index (χ3n) is 3.34. The number of rotatable bonds is 8. The molecule has 0 aromatic carbocycles. The lowest BCUT2D eigenvalue weighted by Gasteiger charge is -2.25. The Kier molecular flexibility index (Phi) is 5.96. The topological polar surface area (TPSA) is 25.2 Å². The summed E-state index contributed by atoms with van der Waals surface area (Å²) in [6, 6.07) is 4.00. The Bertz CT molecular complexity index is 374. The standard InChI is InChI=1S/C15H26N2O/c1-5-7-11-17(12-8-6-2)15-10-9-14(13(3)18)16(15)4/h9-10H,5-8,11-12H2,1-4H3. The van der Waals surface area contributed by atoms with Gasteiger partial charge in [-0.25, -0.2) is 0 Å². The van der Waals surface area contributed by atoms with E-state index in [2.05, 4.69) is 24.8 Å². The van der Waals surface area contributed by atoms with E-state index in [-0.39, 0.29) is 5.78 Å². The zero-order chi connectivity index (χ0) is 13.5. The molecule has 102 valence electrons. The van der Waals surface area contributed by atoms with Crippen molar-refractivity contribution in [3.63, 3.8) is 0 Å². The number of anilines is 1. The number of aromatic nitrogens is 1. The quantitative estimate of drug-likeness (QED) is 0.658. The summed E-state index contributed by atoms with van der Waals surface area (Å²) in [4.78, 5) is 13.9. The smallest absolute Gasteiger partial charge is 0.176 e. The molecule has 0 saturated heterocycles. The van der Waals surface area contributed by atoms with Crippen LogP contribution in [0.4, 0.5) is 5.82 Å². The van der Waals surface area contributed by atoms with Crippen LogP contribution in [-0.2, 0) is 7.05 Å². The summed E-state index contributed by atoms with van der Waals surface area (Å²) in [5, 5.41) is 0. The molecule has 0 aliphatic heterocycles. The van der Waals surface area contributed by atoms with Gasteiger partial charge in [-0.1, -0.05) is 26.7 Å². The second-order valence-corrected chi connectivity index (χ2v) is 4.89. The van der Waals surface area contributed by atoms with Gasteiger partial charge in [0.1, 0.15) is 5.82 Å². The van der Waals surface area contributed by atoms with Crippen molar-refractivity contribution >= 4 is 11.6 Å². The number of nitrogens with zero attached hydrogens (tertiary/aromatic N) is 2. The molecule has 1 aromatic rings. The third kappa shape index (κ3) is 3.62. The summed E-state index contributed by atoms with van der Waals surface area (Å²) in [7, 11) is 1.98. The Morgan fingerprint density at radius 1 is 1.17 bits per heavy atom. The fourth-order valence-electron chi connectivity index (χ4n) is 2.21. The van der Waals surface area contributed by atoms with Crippen molar-refractivity contribution in [1.29, 1.82) is 0 Å². The zero-order valence-electron chi connectivity index (χ0n) is 12.2. The number of unbranched alkanes of at least 4 members (excludes halogenated alkanes) is 2. The molecule has 0 N–H and O–H groups in total. The Hall–Kier alpha value is -1.25. The minimum Gasteiger partial charge on any atom is -0.358 e. The summed E-state index contributed by atoms with van der Waals surface area (Å²) in [6.45, 7) is 8.20. The van der Waals surface area contributed by atoms with E-state index in [1.165, 1.54) is 31.5 Å². The number of carbonyl (C=O) groups is 1. The molecule has 3 nitrogen and oxygen atoms in total. The molecule has 0 aliphatic carbocycles. The normalized spacial score (nSPS) is 10.7. The fraction of sp³-hybridized carbons (Fsp3) is 0.667. The van der Waals surface area contributed by atoms with Crippen molar-refractivity contribution in [3.05, 3.63) is 17.8 Å². The van der Waals surface area contributed by atoms with Crippen LogP contribution in [0.15, 0.2) is 12.1 Å². The highest BCUT2D eigenvalue weighted by atomic mass is 16.1. The van der Waals surface area contributed by atoms with Gasteiger partial charge in [-0.05, 0) is 25.0 Å². The molecule has 0 atom stereocenters. The average Bonchev–Trinajstić information content (AvgIpc) is 2.72. The minimum absolute atomic E-state index is 0.134. The second kappa shape index (κ2) is 7.24. The van der Waals surface area contributed by atoms with Gasteiger partial charge < -0.3 is 9.47 Å². The van der Waals surface area contributed by atoms with Crippen LogP contribution in [-0.4, -0.2) is 23.4 Å². The van der Waals surface area contributed by atoms with Gasteiger partial charge in [0.25, 0.3) is 0 Å². The van der Waals surface area contributed by atoms with Crippen molar-refractivity contribution < 1.29 is 4.79 Å². The van der Waals surface area contributed by atoms with Crippen LogP contribution in [0.3, 0.4) is 0 Å². The number of Topliss-reactive ketones (excluding diaryl/α,β-unsaturated/α-hetero) is 1. The van der Waals surface area contributed by atoms with Gasteiger partial charge in [-0.3, -0.25) is 4.79 Å². The Labute approximate surface area is 111 Å². The molecule has 0 fully saturated rings. The van der Waals surface area contributed by atoms with Gasteiger partial charge in [-0.15, -0.1) is 0 Å². The van der Waals surface area contributed by atoms with Gasteiger partial charge in [0.15, 0.2) is 5.78 Å². The van der Waals surface area contributed by atoms with Gasteiger partial charge >= 0.3 is 0 Å². The molecule has 0 spiro atoms. The van der Waals surface area contributed by atoms with E-state index in [1.54, 1.807) is 6.92 Å². The van der Waals surface area contributed by atoms with Crippen LogP contribution in [0.25, 0.3) is 0 Å². The molecule has 0 aliphatic rings. The highest BCUT2D eigenvalue weighted by Crippen LogP contribution is 2.19. The molecule has 0 saturated carbocycles. The first-order chi connectivity index (χ1) is 8.61. The summed E-state index contributed by atoms with van der Waals surface area (Å²) in [6.07, 6.45) is 4.80. The molecule has 1 heterocycles. The predicted molar refractivity (Wildman–Crippen MR) is 77.4 cm³/mol. The van der Waals surface area contributed by atoms with Crippen LogP contribution in [0, 0.1) is 0 Å². The first-order valence-corrected chi connectivity index (χ1v) is 7.03. The summed E-state index contributed by atoms with van der Waals surface area (Å²) in [5.41, 5.74) is 0.794. The Morgan fingerprint density at radius 3 is 2.11 bits per heavy atom. The van der Waals surface area contributed by atoms with Crippen LogP contribution >= 0.6 is 0 Å². The maximum atomic E-state index is 11.5. The van der Waals surface area contributed by atoms with Crippen LogP contribution in [0.5, 0.6) is 0 Å². The van der Waals surface area contributed by atoms with E-state index in [1.807, 2.05) is 17.7 Å². The first-order valence-electron chi connectivity index (χ1n) is 7.03. The highest BCUT2D eigenvalue weighted by Gasteiger charge is 2.13. The van der Waals surface area contributed by atoms with Gasteiger partial charge in [0.05, 0.1) is 5.69 Å². The van der Waals surface area contributed by atoms with E-state index in [0.717, 1.165) is 18.8 Å². The van der Waals surface area contributed by atoms with Gasteiger partial charge in [0.2, 0.25) is 0 Å². The Morgan fingerprint density at radius 2 is 1.72 bits per heavy atom. The summed E-state index contributed by atoms with van der Waals surface area (Å²) < 4.78 is 2.02. The van der Waals surface area contributed by atoms with Gasteiger partial charge in [-0.2, -0.15) is 0 Å². The highest BCUT2D eigenvalue weighted by molar-refractivity contribution is 5.93. The summed E-state index contributed by atoms with van der Waals surface area (Å²) >= 11 is 0. The fourth-order valence-corrected chi connectivity index (χ4v) is 2.21. The molecular formula is C15H26N2O. The van der Waals surface area contributed by atoms with Crippen molar-refractivity contribution in [3.8, 4) is 0 Å². The van der Waals surface area contributed by atoms with Crippen molar-refractivity contribution in [2.75, 3.05) is 18.0 Å². The number of hydrogen-bond acceptors (Lipinski definition) is 2. The molecule has 0 radical (unpaired) electrons. The lowest BCUT2D eigenvalue weighted by Crippen LogP contribution is -2.27. The largest absolute Gasteiger partial charge is 0.358 e. The Balaban J connectivity index is 2.86.